The Balaban J connectivity index is 2.90. The summed E-state index contributed by atoms with van der Waals surface area (Å²) in [6.07, 6.45) is -1.34. The Morgan fingerprint density at radius 1 is 1.20 bits per heavy atom. The minimum Gasteiger partial charge on any atom is -0.481 e. The second kappa shape index (κ2) is 11.7. The molecule has 0 radical (unpaired) electrons. The van der Waals surface area contributed by atoms with Gasteiger partial charge in [-0.2, -0.15) is 12.6 Å². The normalized spacial score (nSPS) is 20.0. The number of thiol groups is 1. The van der Waals surface area contributed by atoms with Crippen LogP contribution in [0.3, 0.4) is 0 Å². The summed E-state index contributed by atoms with van der Waals surface area (Å²) in [5.74, 6) is -4.72. The third-order valence-corrected chi connectivity index (χ3v) is 5.07. The first-order valence-corrected chi connectivity index (χ1v) is 10.0. The van der Waals surface area contributed by atoms with Crippen LogP contribution in [0.1, 0.15) is 32.6 Å². The van der Waals surface area contributed by atoms with Crippen molar-refractivity contribution in [1.82, 2.24) is 15.5 Å². The lowest BCUT2D eigenvalue weighted by molar-refractivity contribution is -0.146. The summed E-state index contributed by atoms with van der Waals surface area (Å²) < 4.78 is 0. The highest BCUT2D eigenvalue weighted by molar-refractivity contribution is 7.80. The number of carbonyl (C=O) groups excluding carboxylic acids is 3. The first kappa shape index (κ1) is 25.7. The molecule has 0 bridgehead atoms. The number of nitrogens with one attached hydrogen (secondary N) is 2. The molecule has 1 aliphatic rings. The maximum atomic E-state index is 12.9. The molecule has 0 aliphatic carbocycles. The van der Waals surface area contributed by atoms with Crippen LogP contribution in [0.5, 0.6) is 0 Å². The molecule has 0 aromatic heterocycles. The predicted molar refractivity (Wildman–Crippen MR) is 107 cm³/mol. The summed E-state index contributed by atoms with van der Waals surface area (Å²) in [6, 6.07) is -4.78. The van der Waals surface area contributed by atoms with E-state index in [1.54, 1.807) is 0 Å². The minimum atomic E-state index is -1.42. The number of aliphatic hydroxyl groups is 1. The average molecular weight is 448 g/mol. The molecule has 3 amide bonds. The Labute approximate surface area is 178 Å². The first-order chi connectivity index (χ1) is 14.0. The zero-order valence-electron chi connectivity index (χ0n) is 16.5. The molecule has 1 heterocycles. The number of carboxylic acids is 2. The molecule has 12 nitrogen and oxygen atoms in total. The largest absolute Gasteiger partial charge is 0.481 e. The Bertz CT molecular complexity index is 674. The summed E-state index contributed by atoms with van der Waals surface area (Å²) in [7, 11) is 0. The number of aliphatic hydroxyl groups excluding tert-OH is 1. The molecule has 170 valence electrons. The van der Waals surface area contributed by atoms with E-state index in [2.05, 4.69) is 23.3 Å². The van der Waals surface area contributed by atoms with E-state index in [4.69, 9.17) is 10.8 Å². The Morgan fingerprint density at radius 3 is 2.33 bits per heavy atom. The lowest BCUT2D eigenvalue weighted by Crippen LogP contribution is -2.59. The lowest BCUT2D eigenvalue weighted by Gasteiger charge is -2.31. The molecule has 5 atom stereocenters. The van der Waals surface area contributed by atoms with E-state index in [0.717, 1.165) is 4.90 Å². The van der Waals surface area contributed by atoms with Crippen molar-refractivity contribution in [2.24, 2.45) is 5.73 Å². The van der Waals surface area contributed by atoms with Crippen LogP contribution in [0.2, 0.25) is 0 Å². The van der Waals surface area contributed by atoms with Gasteiger partial charge in [-0.1, -0.05) is 0 Å². The van der Waals surface area contributed by atoms with E-state index in [9.17, 15) is 34.2 Å². The van der Waals surface area contributed by atoms with E-state index in [0.29, 0.717) is 6.42 Å². The molecule has 1 saturated heterocycles. The van der Waals surface area contributed by atoms with E-state index in [1.165, 1.54) is 6.92 Å². The number of amides is 3. The molecule has 1 fully saturated rings. The number of likely N-dealkylation sites (tertiary alicyclic amines) is 1. The number of nitrogens with two attached hydrogens (primary N) is 1. The molecule has 0 saturated carbocycles. The van der Waals surface area contributed by atoms with Crippen LogP contribution in [0.4, 0.5) is 0 Å². The number of aliphatic carboxylic acids is 2. The monoisotopic (exact) mass is 448 g/mol. The van der Waals surface area contributed by atoms with Gasteiger partial charge in [-0.15, -0.1) is 0 Å². The van der Waals surface area contributed by atoms with Crippen LogP contribution in [-0.4, -0.2) is 92.4 Å². The fourth-order valence-electron chi connectivity index (χ4n) is 3.01. The van der Waals surface area contributed by atoms with Crippen molar-refractivity contribution in [3.8, 4) is 0 Å². The molecule has 30 heavy (non-hydrogen) atoms. The van der Waals surface area contributed by atoms with Crippen LogP contribution in [0, 0.1) is 0 Å². The smallest absolute Gasteiger partial charge is 0.326 e. The van der Waals surface area contributed by atoms with Crippen LogP contribution in [-0.2, 0) is 24.0 Å². The maximum Gasteiger partial charge on any atom is 0.326 e. The van der Waals surface area contributed by atoms with Gasteiger partial charge >= 0.3 is 11.9 Å². The molecule has 0 aromatic rings. The third-order valence-electron chi connectivity index (χ3n) is 4.68. The van der Waals surface area contributed by atoms with Crippen molar-refractivity contribution in [3.05, 3.63) is 0 Å². The van der Waals surface area contributed by atoms with Crippen molar-refractivity contribution in [2.45, 2.75) is 62.9 Å². The molecular formula is C17H28N4O8S. The minimum absolute atomic E-state index is 0.0220. The van der Waals surface area contributed by atoms with Crippen molar-refractivity contribution >= 4 is 42.3 Å². The molecule has 5 unspecified atom stereocenters. The highest BCUT2D eigenvalue weighted by Gasteiger charge is 2.40. The van der Waals surface area contributed by atoms with Crippen LogP contribution in [0.25, 0.3) is 0 Å². The van der Waals surface area contributed by atoms with Gasteiger partial charge < -0.3 is 36.6 Å². The van der Waals surface area contributed by atoms with Gasteiger partial charge in [0.15, 0.2) is 0 Å². The summed E-state index contributed by atoms with van der Waals surface area (Å²) in [4.78, 5) is 60.6. The number of hydrogen-bond acceptors (Lipinski definition) is 8. The molecule has 13 heteroatoms. The van der Waals surface area contributed by atoms with Crippen molar-refractivity contribution in [2.75, 3.05) is 12.3 Å². The third kappa shape index (κ3) is 7.15. The Hall–Kier alpha value is -2.38. The molecule has 0 aromatic carbocycles. The van der Waals surface area contributed by atoms with Crippen LogP contribution in [0.15, 0.2) is 0 Å². The van der Waals surface area contributed by atoms with Crippen LogP contribution >= 0.6 is 12.6 Å². The van der Waals surface area contributed by atoms with E-state index in [1.807, 2.05) is 0 Å². The predicted octanol–water partition coefficient (Wildman–Crippen LogP) is -2.47. The molecule has 0 spiro atoms. The number of rotatable bonds is 11. The van der Waals surface area contributed by atoms with Gasteiger partial charge in [0, 0.05) is 18.7 Å². The second-order valence-electron chi connectivity index (χ2n) is 7.04. The van der Waals surface area contributed by atoms with E-state index >= 15 is 0 Å². The summed E-state index contributed by atoms with van der Waals surface area (Å²) in [5, 5.41) is 32.5. The number of nitrogens with zero attached hydrogens (tertiary/aromatic N) is 1. The van der Waals surface area contributed by atoms with Gasteiger partial charge in [-0.05, 0) is 26.2 Å². The van der Waals surface area contributed by atoms with Gasteiger partial charge in [0.1, 0.15) is 18.1 Å². The highest BCUT2D eigenvalue weighted by atomic mass is 32.1. The van der Waals surface area contributed by atoms with Crippen LogP contribution < -0.4 is 16.4 Å². The topological polar surface area (TPSA) is 199 Å². The number of carbonyl (C=O) groups is 5. The molecule has 1 aliphatic heterocycles. The summed E-state index contributed by atoms with van der Waals surface area (Å²) in [6.45, 7) is 1.47. The standard InChI is InChI=1S/C17H28N4O8S/c1-8(22)13(20-14(25)9(18)7-30)16(27)21-6-2-3-11(21)15(26)19-10(17(28)29)4-5-12(23)24/h8-11,13,22,30H,2-7,18H2,1H3,(H,19,26)(H,20,25)(H,23,24)(H,28,29). The SMILES string of the molecule is CC(O)C(NC(=O)C(N)CS)C(=O)N1CCCC1C(=O)NC(CCC(=O)O)C(=O)O. The number of carboxylic acid groups (broad SMARTS) is 2. The van der Waals surface area contributed by atoms with Crippen molar-refractivity contribution in [1.29, 1.82) is 0 Å². The number of hydrogen-bond donors (Lipinski definition) is 7. The zero-order valence-corrected chi connectivity index (χ0v) is 17.4. The first-order valence-electron chi connectivity index (χ1n) is 9.39. The van der Waals surface area contributed by atoms with Crippen molar-refractivity contribution in [3.63, 3.8) is 0 Å². The van der Waals surface area contributed by atoms with Gasteiger partial charge in [0.05, 0.1) is 12.1 Å². The Morgan fingerprint density at radius 2 is 1.83 bits per heavy atom. The maximum absolute atomic E-state index is 12.9. The van der Waals surface area contributed by atoms with Gasteiger partial charge in [0.25, 0.3) is 0 Å². The fourth-order valence-corrected chi connectivity index (χ4v) is 3.17. The quantitative estimate of drug-likeness (QED) is 0.167. The van der Waals surface area contributed by atoms with Gasteiger partial charge in [-0.3, -0.25) is 19.2 Å². The average Bonchev–Trinajstić information content (AvgIpc) is 3.17. The summed E-state index contributed by atoms with van der Waals surface area (Å²) in [5.41, 5.74) is 5.57. The molecule has 7 N–H and O–H groups in total. The summed E-state index contributed by atoms with van der Waals surface area (Å²) >= 11 is 3.91. The Kier molecular flexibility index (Phi) is 10.0. The van der Waals surface area contributed by atoms with E-state index in [-0.39, 0.29) is 25.1 Å². The van der Waals surface area contributed by atoms with Gasteiger partial charge in [-0.25, -0.2) is 4.79 Å². The van der Waals surface area contributed by atoms with E-state index < -0.39 is 66.4 Å². The molecular weight excluding hydrogens is 420 g/mol. The zero-order chi connectivity index (χ0) is 23.0. The molecule has 1 rings (SSSR count). The lowest BCUT2D eigenvalue weighted by atomic mass is 10.1. The van der Waals surface area contributed by atoms with Crippen molar-refractivity contribution < 1.29 is 39.3 Å². The highest BCUT2D eigenvalue weighted by Crippen LogP contribution is 2.20. The fraction of sp³-hybridized carbons (Fsp3) is 0.706. The van der Waals surface area contributed by atoms with Gasteiger partial charge in [0.2, 0.25) is 17.7 Å². The second-order valence-corrected chi connectivity index (χ2v) is 7.40.